The molecular weight excluding hydrogens is 228 g/mol. The fourth-order valence-corrected chi connectivity index (χ4v) is 2.61. The molecule has 0 heterocycles. The normalized spacial score (nSPS) is 10.8. The van der Waals surface area contributed by atoms with Crippen LogP contribution >= 0.6 is 0 Å². The van der Waals surface area contributed by atoms with Crippen LogP contribution < -0.4 is 0 Å². The first kappa shape index (κ1) is 12.0. The SMILES string of the molecule is Cc1ccc(Cc2cccc3c(C)cccc23)cc1. The van der Waals surface area contributed by atoms with Crippen LogP contribution in [-0.4, -0.2) is 0 Å². The molecule has 0 fully saturated rings. The Morgan fingerprint density at radius 2 is 1.37 bits per heavy atom. The molecule has 19 heavy (non-hydrogen) atoms. The third-order valence-electron chi connectivity index (χ3n) is 3.75. The van der Waals surface area contributed by atoms with Crippen LogP contribution in [0.25, 0.3) is 10.8 Å². The minimum atomic E-state index is 1.00. The van der Waals surface area contributed by atoms with Crippen LogP contribution in [0.5, 0.6) is 0 Å². The minimum Gasteiger partial charge on any atom is -0.0614 e. The maximum atomic E-state index is 2.24. The van der Waals surface area contributed by atoms with E-state index in [1.54, 1.807) is 0 Å². The van der Waals surface area contributed by atoms with Crippen molar-refractivity contribution in [2.45, 2.75) is 20.3 Å². The number of aryl methyl sites for hydroxylation is 2. The standard InChI is InChI=1S/C19H18/c1-14-9-11-16(12-10-14)13-17-6-4-7-18-15(2)5-3-8-19(17)18/h3-12H,13H2,1-2H3. The second-order valence-corrected chi connectivity index (χ2v) is 5.25. The van der Waals surface area contributed by atoms with E-state index in [-0.39, 0.29) is 0 Å². The molecule has 0 saturated carbocycles. The molecule has 0 bridgehead atoms. The zero-order valence-electron chi connectivity index (χ0n) is 11.5. The summed E-state index contributed by atoms with van der Waals surface area (Å²) in [4.78, 5) is 0. The first-order chi connectivity index (χ1) is 9.24. The first-order valence-corrected chi connectivity index (χ1v) is 6.77. The van der Waals surface area contributed by atoms with E-state index in [0.29, 0.717) is 0 Å². The molecule has 0 saturated heterocycles. The highest BCUT2D eigenvalue weighted by atomic mass is 14.1. The summed E-state index contributed by atoms with van der Waals surface area (Å²) in [7, 11) is 0. The van der Waals surface area contributed by atoms with Crippen molar-refractivity contribution < 1.29 is 0 Å². The molecule has 3 aromatic rings. The molecule has 3 aromatic carbocycles. The maximum absolute atomic E-state index is 2.24. The Hall–Kier alpha value is -2.08. The van der Waals surface area contributed by atoms with E-state index in [0.717, 1.165) is 6.42 Å². The monoisotopic (exact) mass is 246 g/mol. The van der Waals surface area contributed by atoms with Gasteiger partial charge in [0.25, 0.3) is 0 Å². The fourth-order valence-electron chi connectivity index (χ4n) is 2.61. The van der Waals surface area contributed by atoms with Crippen molar-refractivity contribution in [1.29, 1.82) is 0 Å². The Kier molecular flexibility index (Phi) is 3.08. The van der Waals surface area contributed by atoms with Crippen LogP contribution in [0.15, 0.2) is 60.7 Å². The van der Waals surface area contributed by atoms with Gasteiger partial charge in [0.05, 0.1) is 0 Å². The third-order valence-corrected chi connectivity index (χ3v) is 3.75. The molecular formula is C19H18. The van der Waals surface area contributed by atoms with Crippen LogP contribution in [0, 0.1) is 13.8 Å². The van der Waals surface area contributed by atoms with E-state index in [2.05, 4.69) is 74.5 Å². The predicted molar refractivity (Wildman–Crippen MR) is 82.7 cm³/mol. The highest BCUT2D eigenvalue weighted by Gasteiger charge is 2.03. The zero-order valence-corrected chi connectivity index (χ0v) is 11.5. The second kappa shape index (κ2) is 4.89. The summed E-state index contributed by atoms with van der Waals surface area (Å²) in [6, 6.07) is 22.0. The van der Waals surface area contributed by atoms with Gasteiger partial charge in [0.2, 0.25) is 0 Å². The van der Waals surface area contributed by atoms with Gasteiger partial charge in [0.1, 0.15) is 0 Å². The van der Waals surface area contributed by atoms with Crippen molar-refractivity contribution in [2.24, 2.45) is 0 Å². The first-order valence-electron chi connectivity index (χ1n) is 6.77. The van der Waals surface area contributed by atoms with Crippen LogP contribution in [0.2, 0.25) is 0 Å². The molecule has 0 N–H and O–H groups in total. The summed E-state index contributed by atoms with van der Waals surface area (Å²) in [5.41, 5.74) is 5.45. The van der Waals surface area contributed by atoms with Gasteiger partial charge < -0.3 is 0 Å². The Morgan fingerprint density at radius 1 is 0.684 bits per heavy atom. The summed E-state index contributed by atoms with van der Waals surface area (Å²) in [5.74, 6) is 0. The van der Waals surface area contributed by atoms with Gasteiger partial charge in [0, 0.05) is 0 Å². The quantitative estimate of drug-likeness (QED) is 0.593. The van der Waals surface area contributed by atoms with Crippen molar-refractivity contribution in [1.82, 2.24) is 0 Å². The van der Waals surface area contributed by atoms with Crippen LogP contribution in [0.1, 0.15) is 22.3 Å². The topological polar surface area (TPSA) is 0 Å². The number of hydrogen-bond donors (Lipinski definition) is 0. The smallest absolute Gasteiger partial charge is 0.00196 e. The zero-order chi connectivity index (χ0) is 13.2. The van der Waals surface area contributed by atoms with Gasteiger partial charge in [-0.2, -0.15) is 0 Å². The van der Waals surface area contributed by atoms with Crippen LogP contribution in [-0.2, 0) is 6.42 Å². The Morgan fingerprint density at radius 3 is 2.16 bits per heavy atom. The predicted octanol–water partition coefficient (Wildman–Crippen LogP) is 5.05. The summed E-state index contributed by atoms with van der Waals surface area (Å²) >= 11 is 0. The second-order valence-electron chi connectivity index (χ2n) is 5.25. The van der Waals surface area contributed by atoms with Crippen LogP contribution in [0.4, 0.5) is 0 Å². The lowest BCUT2D eigenvalue weighted by atomic mass is 9.96. The summed E-state index contributed by atoms with van der Waals surface area (Å²) in [6.07, 6.45) is 1.00. The highest BCUT2D eigenvalue weighted by molar-refractivity contribution is 5.88. The number of rotatable bonds is 2. The van der Waals surface area contributed by atoms with E-state index >= 15 is 0 Å². The molecule has 0 aliphatic heterocycles. The van der Waals surface area contributed by atoms with Gasteiger partial charge in [0.15, 0.2) is 0 Å². The maximum Gasteiger partial charge on any atom is -0.00196 e. The van der Waals surface area contributed by atoms with Crippen LogP contribution in [0.3, 0.4) is 0 Å². The van der Waals surface area contributed by atoms with Gasteiger partial charge >= 0.3 is 0 Å². The van der Waals surface area contributed by atoms with E-state index in [4.69, 9.17) is 0 Å². The average molecular weight is 246 g/mol. The van der Waals surface area contributed by atoms with Crippen molar-refractivity contribution in [2.75, 3.05) is 0 Å². The highest BCUT2D eigenvalue weighted by Crippen LogP contribution is 2.24. The molecule has 0 heteroatoms. The summed E-state index contributed by atoms with van der Waals surface area (Å²) in [6.45, 7) is 4.31. The van der Waals surface area contributed by atoms with Gasteiger partial charge in [-0.15, -0.1) is 0 Å². The van der Waals surface area contributed by atoms with Crippen molar-refractivity contribution >= 4 is 10.8 Å². The molecule has 0 spiro atoms. The Balaban J connectivity index is 2.06. The van der Waals surface area contributed by atoms with Crippen molar-refractivity contribution in [3.05, 3.63) is 82.9 Å². The molecule has 0 nitrogen and oxygen atoms in total. The molecule has 0 aliphatic carbocycles. The molecule has 94 valence electrons. The summed E-state index contributed by atoms with van der Waals surface area (Å²) < 4.78 is 0. The summed E-state index contributed by atoms with van der Waals surface area (Å²) in [5, 5.41) is 2.75. The van der Waals surface area contributed by atoms with Gasteiger partial charge in [-0.3, -0.25) is 0 Å². The molecule has 0 atom stereocenters. The lowest BCUT2D eigenvalue weighted by molar-refractivity contribution is 1.20. The minimum absolute atomic E-state index is 1.00. The van der Waals surface area contributed by atoms with Crippen molar-refractivity contribution in [3.8, 4) is 0 Å². The van der Waals surface area contributed by atoms with E-state index in [1.807, 2.05) is 0 Å². The lowest BCUT2D eigenvalue weighted by Crippen LogP contribution is -1.91. The Bertz CT molecular complexity index is 706. The molecule has 0 radical (unpaired) electrons. The van der Waals surface area contributed by atoms with Gasteiger partial charge in [-0.05, 0) is 47.7 Å². The third kappa shape index (κ3) is 2.39. The lowest BCUT2D eigenvalue weighted by Gasteiger charge is -2.09. The molecule has 0 aromatic heterocycles. The van der Waals surface area contributed by atoms with Crippen molar-refractivity contribution in [3.63, 3.8) is 0 Å². The van der Waals surface area contributed by atoms with Gasteiger partial charge in [-0.1, -0.05) is 66.2 Å². The number of hydrogen-bond acceptors (Lipinski definition) is 0. The molecule has 0 amide bonds. The average Bonchev–Trinajstić information content (AvgIpc) is 2.43. The molecule has 0 unspecified atom stereocenters. The fraction of sp³-hybridized carbons (Fsp3) is 0.158. The molecule has 3 rings (SSSR count). The number of benzene rings is 3. The van der Waals surface area contributed by atoms with E-state index in [9.17, 15) is 0 Å². The van der Waals surface area contributed by atoms with E-state index in [1.165, 1.54) is 33.0 Å². The largest absolute Gasteiger partial charge is 0.0614 e. The van der Waals surface area contributed by atoms with Gasteiger partial charge in [-0.25, -0.2) is 0 Å². The molecule has 0 aliphatic rings. The number of fused-ring (bicyclic) bond motifs is 1. The Labute approximate surface area is 114 Å². The van der Waals surface area contributed by atoms with E-state index < -0.39 is 0 Å².